The highest BCUT2D eigenvalue weighted by Crippen LogP contribution is 2.10. The third-order valence-corrected chi connectivity index (χ3v) is 2.27. The molecule has 0 saturated carbocycles. The molecule has 6 heteroatoms. The van der Waals surface area contributed by atoms with Crippen LogP contribution < -0.4 is 10.1 Å². The molecule has 0 aliphatic carbocycles. The second kappa shape index (κ2) is 5.45. The maximum Gasteiger partial charge on any atom is 0.212 e. The van der Waals surface area contributed by atoms with Gasteiger partial charge in [-0.3, -0.25) is 4.98 Å². The molecule has 0 radical (unpaired) electrons. The van der Waals surface area contributed by atoms with Crippen molar-refractivity contribution in [2.75, 3.05) is 12.4 Å². The lowest BCUT2D eigenvalue weighted by Gasteiger charge is -2.05. The molecule has 0 aliphatic heterocycles. The smallest absolute Gasteiger partial charge is 0.212 e. The van der Waals surface area contributed by atoms with E-state index in [1.165, 1.54) is 6.20 Å². The number of halogens is 1. The molecule has 0 bridgehead atoms. The van der Waals surface area contributed by atoms with Crippen molar-refractivity contribution in [1.29, 1.82) is 0 Å². The van der Waals surface area contributed by atoms with E-state index in [0.717, 1.165) is 5.56 Å². The van der Waals surface area contributed by atoms with E-state index in [1.54, 1.807) is 25.6 Å². The fourth-order valence-electron chi connectivity index (χ4n) is 1.26. The fraction of sp³-hybridized carbons (Fsp3) is 0.182. The Bertz CT molecular complexity index is 489. The van der Waals surface area contributed by atoms with Crippen molar-refractivity contribution in [2.45, 2.75) is 6.54 Å². The second-order valence-corrected chi connectivity index (χ2v) is 3.68. The summed E-state index contributed by atoms with van der Waals surface area (Å²) in [5.41, 5.74) is 1.02. The van der Waals surface area contributed by atoms with Crippen molar-refractivity contribution in [3.63, 3.8) is 0 Å². The van der Waals surface area contributed by atoms with E-state index < -0.39 is 0 Å². The summed E-state index contributed by atoms with van der Waals surface area (Å²) in [5, 5.41) is 3.46. The van der Waals surface area contributed by atoms with E-state index in [1.807, 2.05) is 6.07 Å². The SMILES string of the molecule is COc1ccc(CNc2cncc(Cl)n2)cn1. The molecule has 0 atom stereocenters. The van der Waals surface area contributed by atoms with E-state index in [4.69, 9.17) is 16.3 Å². The lowest BCUT2D eigenvalue weighted by Crippen LogP contribution is -2.02. The lowest BCUT2D eigenvalue weighted by atomic mass is 10.3. The Kier molecular flexibility index (Phi) is 3.72. The molecule has 2 rings (SSSR count). The van der Waals surface area contributed by atoms with Crippen LogP contribution in [0.2, 0.25) is 5.15 Å². The van der Waals surface area contributed by atoms with E-state index >= 15 is 0 Å². The molecule has 0 aliphatic rings. The highest BCUT2D eigenvalue weighted by atomic mass is 35.5. The number of pyridine rings is 1. The van der Waals surface area contributed by atoms with Gasteiger partial charge in [-0.1, -0.05) is 17.7 Å². The molecule has 2 aromatic rings. The number of methoxy groups -OCH3 is 1. The van der Waals surface area contributed by atoms with Gasteiger partial charge in [0, 0.05) is 18.8 Å². The van der Waals surface area contributed by atoms with Crippen molar-refractivity contribution < 1.29 is 4.74 Å². The number of aromatic nitrogens is 3. The summed E-state index contributed by atoms with van der Waals surface area (Å²) in [6.45, 7) is 0.603. The van der Waals surface area contributed by atoms with E-state index in [-0.39, 0.29) is 0 Å². The van der Waals surface area contributed by atoms with Crippen LogP contribution in [0.15, 0.2) is 30.7 Å². The summed E-state index contributed by atoms with van der Waals surface area (Å²) in [5.74, 6) is 1.23. The zero-order chi connectivity index (χ0) is 12.1. The topological polar surface area (TPSA) is 59.9 Å². The summed E-state index contributed by atoms with van der Waals surface area (Å²) < 4.78 is 4.98. The Balaban J connectivity index is 1.97. The highest BCUT2D eigenvalue weighted by Gasteiger charge is 1.98. The molecule has 17 heavy (non-hydrogen) atoms. The summed E-state index contributed by atoms with van der Waals surface area (Å²) in [4.78, 5) is 12.1. The molecule has 2 aromatic heterocycles. The third-order valence-electron chi connectivity index (χ3n) is 2.09. The molecule has 0 saturated heterocycles. The summed E-state index contributed by atoms with van der Waals surface area (Å²) in [7, 11) is 1.59. The number of nitrogens with one attached hydrogen (secondary N) is 1. The molecule has 5 nitrogen and oxygen atoms in total. The monoisotopic (exact) mass is 250 g/mol. The zero-order valence-electron chi connectivity index (χ0n) is 9.22. The van der Waals surface area contributed by atoms with Crippen LogP contribution in [0.3, 0.4) is 0 Å². The Morgan fingerprint density at radius 1 is 1.29 bits per heavy atom. The van der Waals surface area contributed by atoms with Gasteiger partial charge in [0.15, 0.2) is 0 Å². The molecule has 0 fully saturated rings. The van der Waals surface area contributed by atoms with Gasteiger partial charge >= 0.3 is 0 Å². The van der Waals surface area contributed by atoms with Crippen LogP contribution in [0.25, 0.3) is 0 Å². The van der Waals surface area contributed by atoms with E-state index in [2.05, 4.69) is 20.3 Å². The lowest BCUT2D eigenvalue weighted by molar-refractivity contribution is 0.397. The average Bonchev–Trinajstić information content (AvgIpc) is 2.37. The zero-order valence-corrected chi connectivity index (χ0v) is 9.98. The van der Waals surface area contributed by atoms with E-state index in [9.17, 15) is 0 Å². The van der Waals surface area contributed by atoms with Gasteiger partial charge in [-0.15, -0.1) is 0 Å². The molecule has 1 N–H and O–H groups in total. The van der Waals surface area contributed by atoms with Crippen LogP contribution in [0.1, 0.15) is 5.56 Å². The Hall–Kier alpha value is -1.88. The van der Waals surface area contributed by atoms with Crippen LogP contribution in [0.4, 0.5) is 5.82 Å². The van der Waals surface area contributed by atoms with Crippen LogP contribution in [-0.2, 0) is 6.54 Å². The minimum absolute atomic E-state index is 0.364. The number of rotatable bonds is 4. The number of nitrogens with zero attached hydrogens (tertiary/aromatic N) is 3. The van der Waals surface area contributed by atoms with Gasteiger partial charge in [0.1, 0.15) is 11.0 Å². The summed E-state index contributed by atoms with van der Waals surface area (Å²) in [6, 6.07) is 3.73. The van der Waals surface area contributed by atoms with Gasteiger partial charge in [-0.05, 0) is 5.56 Å². The Morgan fingerprint density at radius 2 is 2.18 bits per heavy atom. The van der Waals surface area contributed by atoms with Gasteiger partial charge in [0.25, 0.3) is 0 Å². The largest absolute Gasteiger partial charge is 0.481 e. The summed E-state index contributed by atoms with van der Waals surface area (Å²) >= 11 is 5.72. The predicted molar refractivity (Wildman–Crippen MR) is 65.2 cm³/mol. The second-order valence-electron chi connectivity index (χ2n) is 3.29. The average molecular weight is 251 g/mol. The first-order chi connectivity index (χ1) is 8.28. The number of hydrogen-bond acceptors (Lipinski definition) is 5. The van der Waals surface area contributed by atoms with Crippen LogP contribution in [0, 0.1) is 0 Å². The van der Waals surface area contributed by atoms with Crippen LogP contribution in [-0.4, -0.2) is 22.1 Å². The maximum atomic E-state index is 5.72. The van der Waals surface area contributed by atoms with E-state index in [0.29, 0.717) is 23.4 Å². The molecule has 2 heterocycles. The molecular formula is C11H11ClN4O. The molecule has 88 valence electrons. The minimum Gasteiger partial charge on any atom is -0.481 e. The van der Waals surface area contributed by atoms with Crippen molar-refractivity contribution >= 4 is 17.4 Å². The number of anilines is 1. The van der Waals surface area contributed by atoms with Crippen LogP contribution in [0.5, 0.6) is 5.88 Å². The Morgan fingerprint density at radius 3 is 2.82 bits per heavy atom. The summed E-state index contributed by atoms with van der Waals surface area (Å²) in [6.07, 6.45) is 4.84. The fourth-order valence-corrected chi connectivity index (χ4v) is 1.40. The number of hydrogen-bond donors (Lipinski definition) is 1. The molecular weight excluding hydrogens is 240 g/mol. The standard InChI is InChI=1S/C11H11ClN4O/c1-17-11-3-2-8(5-15-11)4-14-10-7-13-6-9(12)16-10/h2-3,5-7H,4H2,1H3,(H,14,16). The highest BCUT2D eigenvalue weighted by molar-refractivity contribution is 6.29. The predicted octanol–water partition coefficient (Wildman–Crippen LogP) is 2.15. The molecule has 0 aromatic carbocycles. The number of ether oxygens (including phenoxy) is 1. The van der Waals surface area contributed by atoms with Crippen LogP contribution >= 0.6 is 11.6 Å². The van der Waals surface area contributed by atoms with Crippen molar-refractivity contribution in [3.05, 3.63) is 41.4 Å². The van der Waals surface area contributed by atoms with Gasteiger partial charge in [0.2, 0.25) is 5.88 Å². The van der Waals surface area contributed by atoms with Gasteiger partial charge in [-0.25, -0.2) is 9.97 Å². The quantitative estimate of drug-likeness (QED) is 0.901. The Labute approximate surface area is 104 Å². The molecule has 0 spiro atoms. The van der Waals surface area contributed by atoms with Gasteiger partial charge in [0.05, 0.1) is 19.5 Å². The third kappa shape index (κ3) is 3.29. The normalized spacial score (nSPS) is 10.0. The first kappa shape index (κ1) is 11.6. The van der Waals surface area contributed by atoms with Crippen molar-refractivity contribution in [2.24, 2.45) is 0 Å². The maximum absolute atomic E-state index is 5.72. The molecule has 0 amide bonds. The van der Waals surface area contributed by atoms with Crippen molar-refractivity contribution in [3.8, 4) is 5.88 Å². The molecule has 0 unspecified atom stereocenters. The van der Waals surface area contributed by atoms with Gasteiger partial charge in [-0.2, -0.15) is 0 Å². The first-order valence-corrected chi connectivity index (χ1v) is 5.36. The van der Waals surface area contributed by atoms with Gasteiger partial charge < -0.3 is 10.1 Å². The first-order valence-electron chi connectivity index (χ1n) is 4.98. The minimum atomic E-state index is 0.364. The van der Waals surface area contributed by atoms with Crippen molar-refractivity contribution in [1.82, 2.24) is 15.0 Å².